The number of hydrogen-bond acceptors (Lipinski definition) is 5. The van der Waals surface area contributed by atoms with E-state index in [9.17, 15) is 8.42 Å². The Morgan fingerprint density at radius 2 is 2.00 bits per heavy atom. The Morgan fingerprint density at radius 3 is 2.57 bits per heavy atom. The van der Waals surface area contributed by atoms with Crippen LogP contribution in [0.15, 0.2) is 18.3 Å². The maximum absolute atomic E-state index is 11.4. The first-order valence-electron chi connectivity index (χ1n) is 7.45. The van der Waals surface area contributed by atoms with Crippen LogP contribution in [0, 0.1) is 12.3 Å². The van der Waals surface area contributed by atoms with E-state index in [1.165, 1.54) is 0 Å². The Bertz CT molecular complexity index is 576. The second-order valence-electron chi connectivity index (χ2n) is 6.36. The van der Waals surface area contributed by atoms with Crippen molar-refractivity contribution in [2.24, 2.45) is 5.41 Å². The van der Waals surface area contributed by atoms with E-state index in [0.29, 0.717) is 18.1 Å². The van der Waals surface area contributed by atoms with Gasteiger partial charge in [-0.3, -0.25) is 9.88 Å². The molecule has 1 aromatic rings. The zero-order valence-corrected chi connectivity index (χ0v) is 13.2. The lowest BCUT2D eigenvalue weighted by molar-refractivity contribution is 0.110. The average Bonchev–Trinajstić information content (AvgIpc) is 2.41. The van der Waals surface area contributed by atoms with Crippen LogP contribution in [0.25, 0.3) is 0 Å². The zero-order chi connectivity index (χ0) is 14.9. The molecule has 116 valence electrons. The first kappa shape index (κ1) is 14.8. The number of likely N-dealkylation sites (tertiary alicyclic amines) is 1. The lowest BCUT2D eigenvalue weighted by Gasteiger charge is -2.47. The summed E-state index contributed by atoms with van der Waals surface area (Å²) in [6.45, 7) is 5.44. The van der Waals surface area contributed by atoms with Crippen molar-refractivity contribution < 1.29 is 13.2 Å². The predicted octanol–water partition coefficient (Wildman–Crippen LogP) is 1.28. The Balaban J connectivity index is 1.39. The molecular formula is C15H22N2O3S. The Labute approximate surface area is 126 Å². The highest BCUT2D eigenvalue weighted by Gasteiger charge is 2.49. The lowest BCUT2D eigenvalue weighted by Crippen LogP contribution is -2.54. The summed E-state index contributed by atoms with van der Waals surface area (Å²) < 4.78 is 28.4. The van der Waals surface area contributed by atoms with Gasteiger partial charge in [-0.05, 0) is 45.0 Å². The van der Waals surface area contributed by atoms with Crippen molar-refractivity contribution in [2.75, 3.05) is 37.7 Å². The van der Waals surface area contributed by atoms with Gasteiger partial charge in [0.15, 0.2) is 9.84 Å². The van der Waals surface area contributed by atoms with Gasteiger partial charge in [0.05, 0.1) is 17.7 Å². The van der Waals surface area contributed by atoms with E-state index >= 15 is 0 Å². The molecule has 5 nitrogen and oxygen atoms in total. The number of nitrogens with zero attached hydrogens (tertiary/aromatic N) is 2. The van der Waals surface area contributed by atoms with E-state index in [1.54, 1.807) is 6.20 Å². The van der Waals surface area contributed by atoms with Crippen LogP contribution >= 0.6 is 0 Å². The zero-order valence-electron chi connectivity index (χ0n) is 12.4. The van der Waals surface area contributed by atoms with E-state index in [1.807, 2.05) is 19.1 Å². The number of aromatic nitrogens is 1. The summed E-state index contributed by atoms with van der Waals surface area (Å²) in [7, 11) is -2.71. The van der Waals surface area contributed by atoms with E-state index in [0.717, 1.165) is 43.9 Å². The fourth-order valence-electron chi connectivity index (χ4n) is 3.26. The number of piperidine rings is 1. The standard InChI is InChI=1S/C15H22N2O3S/c1-13-2-3-14(10-16-13)20-9-8-17-6-4-15(5-7-17)11-21(18,19)12-15/h2-3,10H,4-9,11-12H2,1H3. The number of sulfone groups is 1. The van der Waals surface area contributed by atoms with Crippen molar-refractivity contribution in [2.45, 2.75) is 19.8 Å². The lowest BCUT2D eigenvalue weighted by atomic mass is 9.81. The Morgan fingerprint density at radius 1 is 1.29 bits per heavy atom. The highest BCUT2D eigenvalue weighted by atomic mass is 32.2. The third-order valence-corrected chi connectivity index (χ3v) is 6.63. The molecule has 2 aliphatic rings. The van der Waals surface area contributed by atoms with E-state index in [4.69, 9.17) is 4.74 Å². The molecule has 0 amide bonds. The summed E-state index contributed by atoms with van der Waals surface area (Å²) in [5.41, 5.74) is 1.08. The predicted molar refractivity (Wildman–Crippen MR) is 81.2 cm³/mol. The molecule has 0 atom stereocenters. The largest absolute Gasteiger partial charge is 0.491 e. The highest BCUT2D eigenvalue weighted by Crippen LogP contribution is 2.42. The summed E-state index contributed by atoms with van der Waals surface area (Å²) in [5, 5.41) is 0. The van der Waals surface area contributed by atoms with Crippen LogP contribution in [0.5, 0.6) is 5.75 Å². The van der Waals surface area contributed by atoms with Gasteiger partial charge >= 0.3 is 0 Å². The van der Waals surface area contributed by atoms with Gasteiger partial charge in [-0.25, -0.2) is 8.42 Å². The molecule has 0 unspecified atom stereocenters. The molecule has 0 saturated carbocycles. The molecule has 6 heteroatoms. The van der Waals surface area contributed by atoms with Gasteiger partial charge in [-0.15, -0.1) is 0 Å². The van der Waals surface area contributed by atoms with Crippen molar-refractivity contribution >= 4 is 9.84 Å². The molecule has 1 spiro atoms. The van der Waals surface area contributed by atoms with Crippen LogP contribution in [0.1, 0.15) is 18.5 Å². The van der Waals surface area contributed by atoms with Gasteiger partial charge in [0.2, 0.25) is 0 Å². The maximum Gasteiger partial charge on any atom is 0.151 e. The second kappa shape index (κ2) is 5.57. The van der Waals surface area contributed by atoms with Crippen LogP contribution in [0.2, 0.25) is 0 Å². The first-order chi connectivity index (χ1) is 9.96. The number of ether oxygens (including phenoxy) is 1. The summed E-state index contributed by atoms with van der Waals surface area (Å²) in [5.74, 6) is 1.61. The van der Waals surface area contributed by atoms with Crippen molar-refractivity contribution in [1.82, 2.24) is 9.88 Å². The minimum atomic E-state index is -2.71. The number of hydrogen-bond donors (Lipinski definition) is 0. The van der Waals surface area contributed by atoms with Gasteiger partial charge in [-0.1, -0.05) is 0 Å². The van der Waals surface area contributed by atoms with Crippen LogP contribution in [-0.2, 0) is 9.84 Å². The van der Waals surface area contributed by atoms with Crippen LogP contribution in [-0.4, -0.2) is 56.0 Å². The summed E-state index contributed by atoms with van der Waals surface area (Å²) in [6.07, 6.45) is 3.75. The average molecular weight is 310 g/mol. The van der Waals surface area contributed by atoms with Crippen molar-refractivity contribution in [3.63, 3.8) is 0 Å². The number of aryl methyl sites for hydroxylation is 1. The third-order valence-electron chi connectivity index (χ3n) is 4.53. The van der Waals surface area contributed by atoms with Gasteiger partial charge in [-0.2, -0.15) is 0 Å². The van der Waals surface area contributed by atoms with Gasteiger partial charge in [0.25, 0.3) is 0 Å². The van der Waals surface area contributed by atoms with E-state index in [2.05, 4.69) is 9.88 Å². The topological polar surface area (TPSA) is 59.5 Å². The minimum absolute atomic E-state index is 0.0943. The summed E-state index contributed by atoms with van der Waals surface area (Å²) in [6, 6.07) is 3.88. The van der Waals surface area contributed by atoms with Crippen LogP contribution in [0.3, 0.4) is 0 Å². The molecule has 0 bridgehead atoms. The van der Waals surface area contributed by atoms with Crippen molar-refractivity contribution in [1.29, 1.82) is 0 Å². The number of rotatable bonds is 4. The third kappa shape index (κ3) is 3.55. The Kier molecular flexibility index (Phi) is 3.92. The SMILES string of the molecule is Cc1ccc(OCCN2CCC3(CC2)CS(=O)(=O)C3)cn1. The maximum atomic E-state index is 11.4. The van der Waals surface area contributed by atoms with Gasteiger partial charge < -0.3 is 4.74 Å². The molecular weight excluding hydrogens is 288 g/mol. The van der Waals surface area contributed by atoms with Gasteiger partial charge in [0, 0.05) is 17.7 Å². The van der Waals surface area contributed by atoms with E-state index < -0.39 is 9.84 Å². The molecule has 3 rings (SSSR count). The smallest absolute Gasteiger partial charge is 0.151 e. The molecule has 0 aromatic carbocycles. The minimum Gasteiger partial charge on any atom is -0.491 e. The monoisotopic (exact) mass is 310 g/mol. The summed E-state index contributed by atoms with van der Waals surface area (Å²) >= 11 is 0. The normalized spacial score (nSPS) is 23.7. The Hall–Kier alpha value is -1.14. The summed E-state index contributed by atoms with van der Waals surface area (Å²) in [4.78, 5) is 6.56. The van der Waals surface area contributed by atoms with Crippen LogP contribution < -0.4 is 4.74 Å². The molecule has 21 heavy (non-hydrogen) atoms. The fourth-order valence-corrected chi connectivity index (χ4v) is 5.62. The number of pyridine rings is 1. The molecule has 0 N–H and O–H groups in total. The molecule has 2 saturated heterocycles. The molecule has 3 heterocycles. The molecule has 0 radical (unpaired) electrons. The van der Waals surface area contributed by atoms with Crippen molar-refractivity contribution in [3.05, 3.63) is 24.0 Å². The van der Waals surface area contributed by atoms with Crippen molar-refractivity contribution in [3.8, 4) is 5.75 Å². The highest BCUT2D eigenvalue weighted by molar-refractivity contribution is 7.92. The van der Waals surface area contributed by atoms with Crippen LogP contribution in [0.4, 0.5) is 0 Å². The van der Waals surface area contributed by atoms with E-state index in [-0.39, 0.29) is 5.41 Å². The second-order valence-corrected chi connectivity index (χ2v) is 8.42. The first-order valence-corrected chi connectivity index (χ1v) is 9.27. The molecule has 0 aliphatic carbocycles. The fraction of sp³-hybridized carbons (Fsp3) is 0.667. The van der Waals surface area contributed by atoms with Gasteiger partial charge in [0.1, 0.15) is 12.4 Å². The quantitative estimate of drug-likeness (QED) is 0.838. The molecule has 2 aliphatic heterocycles. The molecule has 1 aromatic heterocycles. The molecule has 2 fully saturated rings.